The van der Waals surface area contributed by atoms with Crippen molar-refractivity contribution in [2.75, 3.05) is 13.6 Å². The third-order valence-corrected chi connectivity index (χ3v) is 1.41. The number of hydrogen-bond donors (Lipinski definition) is 1. The largest absolute Gasteiger partial charge is 0.392 e. The van der Waals surface area contributed by atoms with E-state index in [9.17, 15) is 4.79 Å². The first kappa shape index (κ1) is 10.4. The summed E-state index contributed by atoms with van der Waals surface area (Å²) in [5.41, 5.74) is 5.26. The van der Waals surface area contributed by atoms with E-state index in [0.717, 1.165) is 6.42 Å². The number of amides is 1. The molecule has 0 aromatic heterocycles. The summed E-state index contributed by atoms with van der Waals surface area (Å²) in [5.74, 6) is 0.0975. The second-order valence-electron chi connectivity index (χ2n) is 2.47. The predicted molar refractivity (Wildman–Crippen MR) is 49.3 cm³/mol. The molecule has 0 fully saturated rings. The van der Waals surface area contributed by atoms with E-state index in [2.05, 4.69) is 12.2 Å². The smallest absolute Gasteiger partial charge is 0.222 e. The molecule has 64 valence electrons. The van der Waals surface area contributed by atoms with E-state index in [1.54, 1.807) is 11.9 Å². The number of nitrogens with two attached hydrogens (primary N) is 1. The Balaban J connectivity index is 3.73. The normalized spacial score (nSPS) is 9.27. The molecule has 0 saturated heterocycles. The van der Waals surface area contributed by atoms with Gasteiger partial charge in [-0.1, -0.05) is 19.1 Å². The van der Waals surface area contributed by atoms with Crippen LogP contribution < -0.4 is 5.73 Å². The van der Waals surface area contributed by atoms with Gasteiger partial charge in [0, 0.05) is 13.5 Å². The van der Waals surface area contributed by atoms with Gasteiger partial charge in [0.15, 0.2) is 0 Å². The highest BCUT2D eigenvalue weighted by molar-refractivity contribution is 7.80. The molecule has 4 heteroatoms. The Hall–Kier alpha value is -0.640. The molecule has 0 aliphatic heterocycles. The second-order valence-corrected chi connectivity index (χ2v) is 2.99. The molecule has 0 radical (unpaired) electrons. The molecule has 0 aromatic rings. The zero-order chi connectivity index (χ0) is 8.85. The lowest BCUT2D eigenvalue weighted by Gasteiger charge is -2.15. The summed E-state index contributed by atoms with van der Waals surface area (Å²) >= 11 is 4.66. The lowest BCUT2D eigenvalue weighted by Crippen LogP contribution is -2.34. The van der Waals surface area contributed by atoms with Gasteiger partial charge >= 0.3 is 0 Å². The van der Waals surface area contributed by atoms with Crippen LogP contribution in [0.1, 0.15) is 19.8 Å². The Kier molecular flexibility index (Phi) is 4.77. The van der Waals surface area contributed by atoms with Gasteiger partial charge in [-0.25, -0.2) is 0 Å². The average molecular weight is 174 g/mol. The molecule has 0 heterocycles. The van der Waals surface area contributed by atoms with Crippen molar-refractivity contribution in [1.29, 1.82) is 0 Å². The molecule has 0 aromatic carbocycles. The molecule has 2 N–H and O–H groups in total. The van der Waals surface area contributed by atoms with Crippen LogP contribution in [0, 0.1) is 0 Å². The SMILES string of the molecule is CCCC(=O)N(C)CC(N)=S. The summed E-state index contributed by atoms with van der Waals surface area (Å²) < 4.78 is 0. The van der Waals surface area contributed by atoms with E-state index in [-0.39, 0.29) is 5.91 Å². The van der Waals surface area contributed by atoms with Crippen molar-refractivity contribution in [3.8, 4) is 0 Å². The van der Waals surface area contributed by atoms with Crippen LogP contribution in [0.2, 0.25) is 0 Å². The highest BCUT2D eigenvalue weighted by Crippen LogP contribution is 1.93. The Labute approximate surface area is 72.5 Å². The molecule has 11 heavy (non-hydrogen) atoms. The number of carbonyl (C=O) groups excluding carboxylic acids is 1. The molecule has 0 rings (SSSR count). The van der Waals surface area contributed by atoms with Crippen molar-refractivity contribution < 1.29 is 4.79 Å². The Bertz CT molecular complexity index is 159. The van der Waals surface area contributed by atoms with Crippen molar-refractivity contribution >= 4 is 23.1 Å². The maximum atomic E-state index is 11.1. The minimum absolute atomic E-state index is 0.0975. The first-order valence-electron chi connectivity index (χ1n) is 3.60. The molecule has 0 aliphatic carbocycles. The molecule has 0 unspecified atom stereocenters. The number of carbonyl (C=O) groups is 1. The topological polar surface area (TPSA) is 46.3 Å². The van der Waals surface area contributed by atoms with Gasteiger partial charge in [-0.05, 0) is 6.42 Å². The third-order valence-electron chi connectivity index (χ3n) is 1.28. The number of thiocarbonyl (C=S) groups is 1. The summed E-state index contributed by atoms with van der Waals surface area (Å²) in [5, 5.41) is 0. The summed E-state index contributed by atoms with van der Waals surface area (Å²) in [6, 6.07) is 0. The van der Waals surface area contributed by atoms with Gasteiger partial charge in [-0.15, -0.1) is 0 Å². The van der Waals surface area contributed by atoms with E-state index in [1.807, 2.05) is 6.92 Å². The van der Waals surface area contributed by atoms with Gasteiger partial charge in [0.1, 0.15) is 0 Å². The quantitative estimate of drug-likeness (QED) is 0.632. The van der Waals surface area contributed by atoms with Gasteiger partial charge in [0.2, 0.25) is 5.91 Å². The molecule has 0 saturated carbocycles. The van der Waals surface area contributed by atoms with Crippen molar-refractivity contribution in [2.45, 2.75) is 19.8 Å². The highest BCUT2D eigenvalue weighted by Gasteiger charge is 2.06. The molecular weight excluding hydrogens is 160 g/mol. The molecule has 3 nitrogen and oxygen atoms in total. The molecule has 1 amide bonds. The Morgan fingerprint density at radius 1 is 1.64 bits per heavy atom. The fourth-order valence-electron chi connectivity index (χ4n) is 0.727. The highest BCUT2D eigenvalue weighted by atomic mass is 32.1. The van der Waals surface area contributed by atoms with Crippen LogP contribution in [-0.4, -0.2) is 29.4 Å². The van der Waals surface area contributed by atoms with Crippen LogP contribution >= 0.6 is 12.2 Å². The van der Waals surface area contributed by atoms with E-state index >= 15 is 0 Å². The zero-order valence-electron chi connectivity index (χ0n) is 6.96. The lowest BCUT2D eigenvalue weighted by molar-refractivity contribution is -0.129. The molecule has 0 atom stereocenters. The van der Waals surface area contributed by atoms with Crippen LogP contribution in [-0.2, 0) is 4.79 Å². The van der Waals surface area contributed by atoms with Gasteiger partial charge < -0.3 is 10.6 Å². The van der Waals surface area contributed by atoms with Gasteiger partial charge in [-0.2, -0.15) is 0 Å². The van der Waals surface area contributed by atoms with Gasteiger partial charge in [-0.3, -0.25) is 4.79 Å². The standard InChI is InChI=1S/C7H14N2OS/c1-3-4-7(10)9(2)5-6(8)11/h3-5H2,1-2H3,(H2,8,11). The number of likely N-dealkylation sites (N-methyl/N-ethyl adjacent to an activating group) is 1. The van der Waals surface area contributed by atoms with Crippen LogP contribution in [0.5, 0.6) is 0 Å². The van der Waals surface area contributed by atoms with Gasteiger partial charge in [0.05, 0.1) is 11.5 Å². The lowest BCUT2D eigenvalue weighted by atomic mass is 10.3. The molecule has 0 spiro atoms. The fraction of sp³-hybridized carbons (Fsp3) is 0.714. The maximum Gasteiger partial charge on any atom is 0.222 e. The second kappa shape index (κ2) is 5.07. The number of hydrogen-bond acceptors (Lipinski definition) is 2. The van der Waals surface area contributed by atoms with E-state index in [0.29, 0.717) is 18.0 Å². The van der Waals surface area contributed by atoms with E-state index in [4.69, 9.17) is 5.73 Å². The average Bonchev–Trinajstić information content (AvgIpc) is 1.86. The zero-order valence-corrected chi connectivity index (χ0v) is 7.78. The van der Waals surface area contributed by atoms with Crippen LogP contribution in [0.3, 0.4) is 0 Å². The first-order chi connectivity index (χ1) is 5.07. The van der Waals surface area contributed by atoms with Crippen LogP contribution in [0.4, 0.5) is 0 Å². The maximum absolute atomic E-state index is 11.1. The van der Waals surface area contributed by atoms with Crippen LogP contribution in [0.15, 0.2) is 0 Å². The Morgan fingerprint density at radius 2 is 2.18 bits per heavy atom. The van der Waals surface area contributed by atoms with Crippen molar-refractivity contribution in [3.63, 3.8) is 0 Å². The summed E-state index contributed by atoms with van der Waals surface area (Å²) in [4.78, 5) is 13.0. The number of rotatable bonds is 4. The van der Waals surface area contributed by atoms with Crippen LogP contribution in [0.25, 0.3) is 0 Å². The monoisotopic (exact) mass is 174 g/mol. The first-order valence-corrected chi connectivity index (χ1v) is 4.01. The molecular formula is C7H14N2OS. The molecule has 0 aliphatic rings. The van der Waals surface area contributed by atoms with E-state index < -0.39 is 0 Å². The summed E-state index contributed by atoms with van der Waals surface area (Å²) in [7, 11) is 1.71. The van der Waals surface area contributed by atoms with Crippen molar-refractivity contribution in [1.82, 2.24) is 4.90 Å². The summed E-state index contributed by atoms with van der Waals surface area (Å²) in [6.45, 7) is 2.35. The summed E-state index contributed by atoms with van der Waals surface area (Å²) in [6.07, 6.45) is 1.43. The Morgan fingerprint density at radius 3 is 2.55 bits per heavy atom. The molecule has 0 bridgehead atoms. The number of nitrogens with zero attached hydrogens (tertiary/aromatic N) is 1. The predicted octanol–water partition coefficient (Wildman–Crippen LogP) is 0.531. The van der Waals surface area contributed by atoms with E-state index in [1.165, 1.54) is 0 Å². The fourth-order valence-corrected chi connectivity index (χ4v) is 0.920. The van der Waals surface area contributed by atoms with Gasteiger partial charge in [0.25, 0.3) is 0 Å². The minimum atomic E-state index is 0.0975. The third kappa shape index (κ3) is 4.72. The minimum Gasteiger partial charge on any atom is -0.392 e. The van der Waals surface area contributed by atoms with Crippen molar-refractivity contribution in [3.05, 3.63) is 0 Å². The van der Waals surface area contributed by atoms with Crippen molar-refractivity contribution in [2.24, 2.45) is 5.73 Å².